The highest BCUT2D eigenvalue weighted by Crippen LogP contribution is 2.32. The molecule has 1 saturated heterocycles. The van der Waals surface area contributed by atoms with E-state index in [1.54, 1.807) is 24.4 Å². The first-order valence-corrected chi connectivity index (χ1v) is 13.5. The van der Waals surface area contributed by atoms with E-state index >= 15 is 0 Å². The quantitative estimate of drug-likeness (QED) is 0.511. The van der Waals surface area contributed by atoms with Crippen molar-refractivity contribution < 1.29 is 21.6 Å². The van der Waals surface area contributed by atoms with E-state index in [0.29, 0.717) is 31.9 Å². The lowest BCUT2D eigenvalue weighted by Crippen LogP contribution is -2.48. The summed E-state index contributed by atoms with van der Waals surface area (Å²) in [5, 5.41) is 0. The third kappa shape index (κ3) is 5.52. The fraction of sp³-hybridized carbons (Fsp3) is 0.261. The second kappa shape index (κ2) is 9.90. The molecule has 0 spiro atoms. The van der Waals surface area contributed by atoms with Crippen LogP contribution < -0.4 is 9.64 Å². The number of hydrogen-bond acceptors (Lipinski definition) is 7. The van der Waals surface area contributed by atoms with Gasteiger partial charge in [-0.05, 0) is 29.8 Å². The van der Waals surface area contributed by atoms with Gasteiger partial charge >= 0.3 is 0 Å². The molecule has 33 heavy (non-hydrogen) atoms. The van der Waals surface area contributed by atoms with Gasteiger partial charge in [0.05, 0.1) is 17.6 Å². The van der Waals surface area contributed by atoms with Crippen molar-refractivity contribution in [2.24, 2.45) is 0 Å². The molecule has 0 amide bonds. The summed E-state index contributed by atoms with van der Waals surface area (Å²) in [6.07, 6.45) is 2.88. The summed E-state index contributed by atoms with van der Waals surface area (Å²) in [4.78, 5) is 6.40. The largest absolute Gasteiger partial charge is 0.487 e. The third-order valence-corrected chi connectivity index (χ3v) is 7.61. The molecule has 0 aliphatic carbocycles. The van der Waals surface area contributed by atoms with Gasteiger partial charge < -0.3 is 9.64 Å². The number of ether oxygens (including phenoxy) is 1. The lowest BCUT2D eigenvalue weighted by molar-refractivity contribution is 0.298. The Morgan fingerprint density at radius 2 is 1.70 bits per heavy atom. The molecule has 0 radical (unpaired) electrons. The van der Waals surface area contributed by atoms with Crippen molar-refractivity contribution in [3.8, 4) is 17.0 Å². The highest BCUT2D eigenvalue weighted by molar-refractivity contribution is 7.88. The van der Waals surface area contributed by atoms with Gasteiger partial charge in [0, 0.05) is 37.9 Å². The Morgan fingerprint density at radius 3 is 2.36 bits per heavy atom. The Balaban J connectivity index is 1.54. The first kappa shape index (κ1) is 23.2. The smallest absolute Gasteiger partial charge is 0.211 e. The topological polar surface area (TPSA) is 96.9 Å². The van der Waals surface area contributed by atoms with Crippen LogP contribution in [0.2, 0.25) is 0 Å². The zero-order valence-electron chi connectivity index (χ0n) is 18.1. The van der Waals surface area contributed by atoms with E-state index < -0.39 is 20.7 Å². The van der Waals surface area contributed by atoms with E-state index in [1.165, 1.54) is 10.6 Å². The van der Waals surface area contributed by atoms with E-state index in [4.69, 9.17) is 4.74 Å². The predicted molar refractivity (Wildman–Crippen MR) is 128 cm³/mol. The highest BCUT2D eigenvalue weighted by Gasteiger charge is 2.26. The molecule has 0 N–H and O–H groups in total. The van der Waals surface area contributed by atoms with Crippen LogP contribution in [0.3, 0.4) is 0 Å². The van der Waals surface area contributed by atoms with E-state index in [0.717, 1.165) is 16.8 Å². The second-order valence-electron chi connectivity index (χ2n) is 7.73. The van der Waals surface area contributed by atoms with Crippen molar-refractivity contribution in [3.05, 3.63) is 72.4 Å². The van der Waals surface area contributed by atoms with E-state index in [1.807, 2.05) is 47.4 Å². The molecule has 1 aliphatic rings. The minimum absolute atomic E-state index is 0.109. The maximum absolute atomic E-state index is 12.2. The van der Waals surface area contributed by atoms with Crippen LogP contribution in [0.4, 0.5) is 5.69 Å². The summed E-state index contributed by atoms with van der Waals surface area (Å²) < 4.78 is 55.2. The molecule has 0 bridgehead atoms. The molecule has 0 saturated carbocycles. The molecule has 0 unspecified atom stereocenters. The van der Waals surface area contributed by atoms with Crippen molar-refractivity contribution in [1.29, 1.82) is 0 Å². The van der Waals surface area contributed by atoms with Gasteiger partial charge in [-0.2, -0.15) is 4.31 Å². The number of piperazine rings is 1. The molecule has 2 heterocycles. The van der Waals surface area contributed by atoms with E-state index in [9.17, 15) is 16.8 Å². The number of anilines is 1. The van der Waals surface area contributed by atoms with Crippen molar-refractivity contribution >= 4 is 26.4 Å². The standard InChI is InChI=1S/C23H25N3O5S2/c1-33(29,30)26-14-12-25(13-15-26)21-8-5-9-22(23(21)32(27)28)31-17-18-10-11-24-20(16-18)19-6-3-2-4-7-19/h2-11,16,32H,12-15,17H2,1H3. The predicted octanol–water partition coefficient (Wildman–Crippen LogP) is 2.38. The molecule has 174 valence electrons. The Bertz CT molecular complexity index is 1290. The average molecular weight is 488 g/mol. The molecule has 1 aromatic heterocycles. The van der Waals surface area contributed by atoms with Crippen LogP contribution in [-0.2, 0) is 27.3 Å². The molecule has 1 fully saturated rings. The Kier molecular flexibility index (Phi) is 6.96. The average Bonchev–Trinajstić information content (AvgIpc) is 2.82. The number of rotatable bonds is 7. The van der Waals surface area contributed by atoms with Gasteiger partial charge in [0.25, 0.3) is 0 Å². The molecule has 3 aromatic rings. The number of sulfonamides is 1. The minimum atomic E-state index is -3.27. The van der Waals surface area contributed by atoms with Crippen LogP contribution in [0.25, 0.3) is 11.3 Å². The Labute approximate surface area is 195 Å². The SMILES string of the molecule is CS(=O)(=O)N1CCN(c2cccc(OCc3ccnc(-c4ccccc4)c3)c2[SH](=O)=O)CC1. The second-order valence-corrected chi connectivity index (χ2v) is 10.7. The van der Waals surface area contributed by atoms with Crippen LogP contribution >= 0.6 is 0 Å². The summed E-state index contributed by atoms with van der Waals surface area (Å²) in [5.41, 5.74) is 3.18. The van der Waals surface area contributed by atoms with Crippen LogP contribution in [0.1, 0.15) is 5.56 Å². The third-order valence-electron chi connectivity index (χ3n) is 5.50. The first-order valence-electron chi connectivity index (χ1n) is 10.4. The fourth-order valence-electron chi connectivity index (χ4n) is 3.82. The van der Waals surface area contributed by atoms with Gasteiger partial charge in [0.1, 0.15) is 17.3 Å². The van der Waals surface area contributed by atoms with E-state index in [2.05, 4.69) is 4.98 Å². The minimum Gasteiger partial charge on any atom is -0.487 e. The van der Waals surface area contributed by atoms with Crippen LogP contribution in [0, 0.1) is 0 Å². The monoisotopic (exact) mass is 487 g/mol. The summed E-state index contributed by atoms with van der Waals surface area (Å²) in [5.74, 6) is 0.271. The van der Waals surface area contributed by atoms with Crippen LogP contribution in [-0.4, -0.2) is 58.6 Å². The van der Waals surface area contributed by atoms with Gasteiger partial charge in [0.2, 0.25) is 10.0 Å². The molecule has 10 heteroatoms. The van der Waals surface area contributed by atoms with Gasteiger partial charge in [-0.3, -0.25) is 4.98 Å². The molecule has 1 aliphatic heterocycles. The maximum atomic E-state index is 12.2. The van der Waals surface area contributed by atoms with Gasteiger partial charge in [0.15, 0.2) is 10.7 Å². The number of hydrogen-bond donors (Lipinski definition) is 1. The summed E-state index contributed by atoms with van der Waals surface area (Å²) in [7, 11) is -6.20. The normalized spacial score (nSPS) is 15.0. The number of nitrogens with zero attached hydrogens (tertiary/aromatic N) is 3. The molecule has 4 rings (SSSR count). The lowest BCUT2D eigenvalue weighted by atomic mass is 10.1. The zero-order valence-corrected chi connectivity index (χ0v) is 19.8. The molecule has 2 aromatic carbocycles. The maximum Gasteiger partial charge on any atom is 0.211 e. The molecular weight excluding hydrogens is 462 g/mol. The van der Waals surface area contributed by atoms with Crippen LogP contribution in [0.5, 0.6) is 5.75 Å². The Morgan fingerprint density at radius 1 is 0.970 bits per heavy atom. The lowest BCUT2D eigenvalue weighted by Gasteiger charge is -2.35. The number of benzene rings is 2. The summed E-state index contributed by atoms with van der Waals surface area (Å²) in [6.45, 7) is 1.59. The van der Waals surface area contributed by atoms with E-state index in [-0.39, 0.29) is 17.3 Å². The number of aromatic nitrogens is 1. The van der Waals surface area contributed by atoms with Gasteiger partial charge in [-0.15, -0.1) is 0 Å². The fourth-order valence-corrected chi connectivity index (χ4v) is 5.37. The molecular formula is C23H25N3O5S2. The van der Waals surface area contributed by atoms with Gasteiger partial charge in [-0.25, -0.2) is 16.8 Å². The van der Waals surface area contributed by atoms with Crippen molar-refractivity contribution in [1.82, 2.24) is 9.29 Å². The number of thiol groups is 1. The van der Waals surface area contributed by atoms with Gasteiger partial charge in [-0.1, -0.05) is 36.4 Å². The summed E-state index contributed by atoms with van der Waals surface area (Å²) >= 11 is 0. The first-order chi connectivity index (χ1) is 15.8. The van der Waals surface area contributed by atoms with Crippen molar-refractivity contribution in [3.63, 3.8) is 0 Å². The van der Waals surface area contributed by atoms with Crippen molar-refractivity contribution in [2.75, 3.05) is 37.3 Å². The Hall–Kier alpha value is -2.95. The molecule has 8 nitrogen and oxygen atoms in total. The summed E-state index contributed by atoms with van der Waals surface area (Å²) in [6, 6.07) is 18.6. The zero-order chi connectivity index (χ0) is 23.4. The molecule has 0 atom stereocenters. The number of pyridine rings is 1. The van der Waals surface area contributed by atoms with Crippen LogP contribution in [0.15, 0.2) is 71.8 Å². The van der Waals surface area contributed by atoms with Crippen molar-refractivity contribution in [2.45, 2.75) is 11.5 Å². The highest BCUT2D eigenvalue weighted by atomic mass is 32.2.